The van der Waals surface area contributed by atoms with Gasteiger partial charge in [-0.05, 0) is 29.9 Å². The van der Waals surface area contributed by atoms with Crippen molar-refractivity contribution < 1.29 is 13.5 Å². The predicted molar refractivity (Wildman–Crippen MR) is 71.6 cm³/mol. The SMILES string of the molecule is CCCCCN([N+](=O)[O-])S(=O)(=O)c1ccc(C)cc1. The molecule has 0 amide bonds. The molecule has 106 valence electrons. The first-order chi connectivity index (χ1) is 8.89. The zero-order valence-electron chi connectivity index (χ0n) is 11.1. The van der Waals surface area contributed by atoms with E-state index in [1.807, 2.05) is 13.8 Å². The summed E-state index contributed by atoms with van der Waals surface area (Å²) >= 11 is 0. The largest absolute Gasteiger partial charge is 0.313 e. The number of nitrogens with zero attached hydrogens (tertiary/aromatic N) is 2. The fourth-order valence-corrected chi connectivity index (χ4v) is 2.89. The summed E-state index contributed by atoms with van der Waals surface area (Å²) in [5, 5.41) is 10.1. The molecule has 1 aromatic rings. The second kappa shape index (κ2) is 6.51. The summed E-state index contributed by atoms with van der Waals surface area (Å²) in [7, 11) is -4.06. The number of unbranched alkanes of at least 4 members (excludes halogenated alkanes) is 2. The second-order valence-electron chi connectivity index (χ2n) is 4.31. The number of sulfonamides is 1. The zero-order chi connectivity index (χ0) is 14.5. The first kappa shape index (κ1) is 15.4. The fourth-order valence-electron chi connectivity index (χ4n) is 1.62. The van der Waals surface area contributed by atoms with Crippen molar-refractivity contribution in [2.45, 2.75) is 38.0 Å². The Bertz CT molecular complexity index is 525. The predicted octanol–water partition coefficient (Wildman–Crippen LogP) is 2.37. The van der Waals surface area contributed by atoms with Gasteiger partial charge < -0.3 is 0 Å². The molecule has 0 saturated carbocycles. The molecule has 0 fully saturated rings. The van der Waals surface area contributed by atoms with Gasteiger partial charge in [0, 0.05) is 0 Å². The Kier molecular flexibility index (Phi) is 5.29. The van der Waals surface area contributed by atoms with E-state index in [1.54, 1.807) is 12.1 Å². The van der Waals surface area contributed by atoms with Gasteiger partial charge in [0.25, 0.3) is 0 Å². The van der Waals surface area contributed by atoms with E-state index in [0.29, 0.717) is 10.8 Å². The normalized spacial score (nSPS) is 11.3. The van der Waals surface area contributed by atoms with Crippen LogP contribution in [0.2, 0.25) is 0 Å². The van der Waals surface area contributed by atoms with Gasteiger partial charge in [0.15, 0.2) is 5.03 Å². The number of nitro groups is 1. The third kappa shape index (κ3) is 3.92. The smallest absolute Gasteiger partial charge is 0.234 e. The summed E-state index contributed by atoms with van der Waals surface area (Å²) in [5.74, 6) is 0. The van der Waals surface area contributed by atoms with Crippen molar-refractivity contribution in [1.82, 2.24) is 4.41 Å². The summed E-state index contributed by atoms with van der Waals surface area (Å²) < 4.78 is 24.7. The molecule has 1 aromatic carbocycles. The molecule has 1 rings (SSSR count). The molecule has 7 heteroatoms. The number of rotatable bonds is 7. The average molecular weight is 286 g/mol. The molecule has 0 N–H and O–H groups in total. The summed E-state index contributed by atoms with van der Waals surface area (Å²) in [4.78, 5) is 10.9. The number of hydrogen-bond donors (Lipinski definition) is 0. The van der Waals surface area contributed by atoms with Gasteiger partial charge in [-0.25, -0.2) is 10.1 Å². The van der Waals surface area contributed by atoms with E-state index < -0.39 is 15.1 Å². The Labute approximate surface area is 113 Å². The molecular weight excluding hydrogens is 268 g/mol. The van der Waals surface area contributed by atoms with Crippen LogP contribution in [0.3, 0.4) is 0 Å². The van der Waals surface area contributed by atoms with Crippen molar-refractivity contribution in [2.24, 2.45) is 0 Å². The van der Waals surface area contributed by atoms with Crippen LogP contribution in [0, 0.1) is 17.0 Å². The lowest BCUT2D eigenvalue weighted by Gasteiger charge is -2.14. The molecule has 0 aliphatic carbocycles. The van der Waals surface area contributed by atoms with Gasteiger partial charge in [-0.2, -0.15) is 8.42 Å². The topological polar surface area (TPSA) is 80.5 Å². The molecule has 0 atom stereocenters. The Morgan fingerprint density at radius 1 is 1.21 bits per heavy atom. The molecule has 0 aliphatic heterocycles. The maximum atomic E-state index is 12.2. The van der Waals surface area contributed by atoms with E-state index in [-0.39, 0.29) is 11.4 Å². The molecule has 0 aliphatic rings. The van der Waals surface area contributed by atoms with Crippen molar-refractivity contribution in [2.75, 3.05) is 6.54 Å². The summed E-state index contributed by atoms with van der Waals surface area (Å²) in [6.07, 6.45) is 2.10. The lowest BCUT2D eigenvalue weighted by Crippen LogP contribution is -2.37. The molecule has 0 spiro atoms. The van der Waals surface area contributed by atoms with E-state index in [4.69, 9.17) is 0 Å². The molecule has 0 saturated heterocycles. The van der Waals surface area contributed by atoms with Crippen LogP contribution < -0.4 is 0 Å². The molecule has 0 heterocycles. The highest BCUT2D eigenvalue weighted by Crippen LogP contribution is 2.17. The lowest BCUT2D eigenvalue weighted by molar-refractivity contribution is -0.620. The van der Waals surface area contributed by atoms with E-state index in [0.717, 1.165) is 18.4 Å². The quantitative estimate of drug-likeness (QED) is 0.438. The molecule has 0 bridgehead atoms. The number of hydrogen-bond acceptors (Lipinski definition) is 4. The Balaban J connectivity index is 2.99. The first-order valence-corrected chi connectivity index (χ1v) is 7.57. The number of aryl methyl sites for hydroxylation is 1. The van der Waals surface area contributed by atoms with Gasteiger partial charge in [0.05, 0.1) is 11.4 Å². The van der Waals surface area contributed by atoms with Crippen LogP contribution in [0.25, 0.3) is 0 Å². The van der Waals surface area contributed by atoms with Crippen molar-refractivity contribution in [3.05, 3.63) is 39.9 Å². The zero-order valence-corrected chi connectivity index (χ0v) is 11.9. The summed E-state index contributed by atoms with van der Waals surface area (Å²) in [5.41, 5.74) is 0.901. The Morgan fingerprint density at radius 2 is 1.79 bits per heavy atom. The highest BCUT2D eigenvalue weighted by Gasteiger charge is 2.31. The molecular formula is C12H18N2O4S. The minimum atomic E-state index is -4.06. The van der Waals surface area contributed by atoms with Crippen LogP contribution in [0.1, 0.15) is 31.7 Å². The van der Waals surface area contributed by atoms with E-state index >= 15 is 0 Å². The van der Waals surface area contributed by atoms with Gasteiger partial charge in [-0.3, -0.25) is 0 Å². The number of hydrazine groups is 1. The third-order valence-corrected chi connectivity index (χ3v) is 4.47. The van der Waals surface area contributed by atoms with E-state index in [1.165, 1.54) is 12.1 Å². The van der Waals surface area contributed by atoms with Crippen molar-refractivity contribution in [3.8, 4) is 0 Å². The maximum Gasteiger partial charge on any atom is 0.313 e. The monoisotopic (exact) mass is 286 g/mol. The molecule has 19 heavy (non-hydrogen) atoms. The van der Waals surface area contributed by atoms with E-state index in [2.05, 4.69) is 0 Å². The fraction of sp³-hybridized carbons (Fsp3) is 0.500. The van der Waals surface area contributed by atoms with Crippen LogP contribution in [0.15, 0.2) is 29.2 Å². The highest BCUT2D eigenvalue weighted by molar-refractivity contribution is 7.89. The minimum absolute atomic E-state index is 0.0497. The molecule has 0 aromatic heterocycles. The van der Waals surface area contributed by atoms with Gasteiger partial charge >= 0.3 is 10.0 Å². The molecule has 6 nitrogen and oxygen atoms in total. The maximum absolute atomic E-state index is 12.2. The highest BCUT2D eigenvalue weighted by atomic mass is 32.2. The van der Waals surface area contributed by atoms with Gasteiger partial charge in [-0.15, -0.1) is 0 Å². The van der Waals surface area contributed by atoms with Crippen LogP contribution in [0.5, 0.6) is 0 Å². The minimum Gasteiger partial charge on any atom is -0.234 e. The summed E-state index contributed by atoms with van der Waals surface area (Å²) in [6.45, 7) is 3.67. The van der Waals surface area contributed by atoms with Crippen LogP contribution >= 0.6 is 0 Å². The van der Waals surface area contributed by atoms with Gasteiger partial charge in [0.1, 0.15) is 0 Å². The molecule has 0 unspecified atom stereocenters. The van der Waals surface area contributed by atoms with E-state index in [9.17, 15) is 18.5 Å². The van der Waals surface area contributed by atoms with Crippen LogP contribution in [0.4, 0.5) is 0 Å². The second-order valence-corrected chi connectivity index (χ2v) is 6.15. The van der Waals surface area contributed by atoms with Gasteiger partial charge in [-0.1, -0.05) is 37.5 Å². The Morgan fingerprint density at radius 3 is 2.26 bits per heavy atom. The van der Waals surface area contributed by atoms with Gasteiger partial charge in [0.2, 0.25) is 0 Å². The average Bonchev–Trinajstić information content (AvgIpc) is 2.34. The van der Waals surface area contributed by atoms with Crippen LogP contribution in [-0.2, 0) is 10.0 Å². The van der Waals surface area contributed by atoms with Crippen molar-refractivity contribution >= 4 is 10.0 Å². The summed E-state index contributed by atoms with van der Waals surface area (Å²) in [6, 6.07) is 6.02. The first-order valence-electron chi connectivity index (χ1n) is 6.13. The van der Waals surface area contributed by atoms with Crippen LogP contribution in [-0.4, -0.2) is 24.4 Å². The standard InChI is InChI=1S/C12H18N2O4S/c1-3-4-5-10-13(14(15)16)19(17,18)12-8-6-11(2)7-9-12/h6-9H,3-5,10H2,1-2H3. The van der Waals surface area contributed by atoms with Crippen molar-refractivity contribution in [3.63, 3.8) is 0 Å². The number of benzene rings is 1. The Hall–Kier alpha value is -1.63. The van der Waals surface area contributed by atoms with Crippen molar-refractivity contribution in [1.29, 1.82) is 0 Å². The third-order valence-electron chi connectivity index (χ3n) is 2.73. The molecule has 0 radical (unpaired) electrons. The lowest BCUT2D eigenvalue weighted by atomic mass is 10.2.